The summed E-state index contributed by atoms with van der Waals surface area (Å²) >= 11 is 0. The minimum Gasteiger partial charge on any atom is -0.435 e. The van der Waals surface area contributed by atoms with Gasteiger partial charge in [-0.15, -0.1) is 0 Å². The molecule has 3 aromatic carbocycles. The summed E-state index contributed by atoms with van der Waals surface area (Å²) < 4.78 is 56.1. The summed E-state index contributed by atoms with van der Waals surface area (Å²) in [6.45, 7) is -2.95. The highest BCUT2D eigenvalue weighted by molar-refractivity contribution is 7.92. The van der Waals surface area contributed by atoms with Crippen molar-refractivity contribution < 1.29 is 26.7 Å². The van der Waals surface area contributed by atoms with Crippen LogP contribution in [-0.2, 0) is 10.0 Å². The van der Waals surface area contributed by atoms with Crippen molar-refractivity contribution >= 4 is 27.3 Å². The molecule has 0 saturated heterocycles. The number of carbonyl (C=O) groups is 1. The van der Waals surface area contributed by atoms with Crippen molar-refractivity contribution in [3.05, 3.63) is 84.4 Å². The normalized spacial score (nSPS) is 11.2. The van der Waals surface area contributed by atoms with Crippen molar-refractivity contribution in [2.45, 2.75) is 11.5 Å². The van der Waals surface area contributed by atoms with Gasteiger partial charge in [0.15, 0.2) is 0 Å². The Hall–Kier alpha value is -3.46. The molecule has 6 nitrogen and oxygen atoms in total. The van der Waals surface area contributed by atoms with Crippen molar-refractivity contribution in [3.8, 4) is 5.75 Å². The fourth-order valence-electron chi connectivity index (χ4n) is 2.72. The van der Waals surface area contributed by atoms with Gasteiger partial charge in [0, 0.05) is 12.7 Å². The third kappa shape index (κ3) is 4.74. The lowest BCUT2D eigenvalue weighted by Crippen LogP contribution is -2.28. The molecule has 0 fully saturated rings. The SMILES string of the molecule is CN(c1ccccc1)S(=O)(=O)c1ccccc1C(=O)Nc1ccc(OC(F)F)cc1. The first-order chi connectivity index (χ1) is 14.3. The number of anilines is 2. The van der Waals surface area contributed by atoms with Gasteiger partial charge in [0.1, 0.15) is 10.6 Å². The van der Waals surface area contributed by atoms with Gasteiger partial charge in [-0.2, -0.15) is 8.78 Å². The second kappa shape index (κ2) is 8.91. The summed E-state index contributed by atoms with van der Waals surface area (Å²) in [7, 11) is -2.61. The predicted octanol–water partition coefficient (Wildman–Crippen LogP) is 4.37. The number of rotatable bonds is 7. The number of nitrogens with one attached hydrogen (secondary N) is 1. The Morgan fingerprint density at radius 1 is 0.933 bits per heavy atom. The monoisotopic (exact) mass is 432 g/mol. The number of hydrogen-bond acceptors (Lipinski definition) is 4. The van der Waals surface area contributed by atoms with E-state index in [-0.39, 0.29) is 16.2 Å². The average molecular weight is 432 g/mol. The molecule has 1 N–H and O–H groups in total. The van der Waals surface area contributed by atoms with Gasteiger partial charge in [0.2, 0.25) is 0 Å². The summed E-state index contributed by atoms with van der Waals surface area (Å²) in [5.41, 5.74) is 0.695. The van der Waals surface area contributed by atoms with E-state index in [4.69, 9.17) is 0 Å². The van der Waals surface area contributed by atoms with Crippen LogP contribution in [0.25, 0.3) is 0 Å². The minimum absolute atomic E-state index is 0.0480. The first-order valence-corrected chi connectivity index (χ1v) is 10.2. The molecule has 0 aromatic heterocycles. The van der Waals surface area contributed by atoms with Crippen LogP contribution in [0.5, 0.6) is 5.75 Å². The van der Waals surface area contributed by atoms with Crippen molar-refractivity contribution in [1.29, 1.82) is 0 Å². The zero-order chi connectivity index (χ0) is 21.7. The van der Waals surface area contributed by atoms with Gasteiger partial charge >= 0.3 is 6.61 Å². The summed E-state index contributed by atoms with van der Waals surface area (Å²) in [6, 6.07) is 19.6. The molecule has 3 aromatic rings. The van der Waals surface area contributed by atoms with E-state index in [1.165, 1.54) is 49.5 Å². The van der Waals surface area contributed by atoms with Gasteiger partial charge in [-0.1, -0.05) is 30.3 Å². The maximum Gasteiger partial charge on any atom is 0.387 e. The van der Waals surface area contributed by atoms with Crippen LogP contribution in [0.4, 0.5) is 20.2 Å². The van der Waals surface area contributed by atoms with E-state index in [9.17, 15) is 22.0 Å². The Morgan fingerprint density at radius 2 is 1.53 bits per heavy atom. The second-order valence-electron chi connectivity index (χ2n) is 6.16. The first-order valence-electron chi connectivity index (χ1n) is 8.78. The maximum absolute atomic E-state index is 13.1. The quantitative estimate of drug-likeness (QED) is 0.602. The van der Waals surface area contributed by atoms with Gasteiger partial charge in [0.05, 0.1) is 11.3 Å². The van der Waals surface area contributed by atoms with Crippen LogP contribution in [0.1, 0.15) is 10.4 Å². The van der Waals surface area contributed by atoms with Crippen molar-refractivity contribution in [1.82, 2.24) is 0 Å². The molecule has 0 bridgehead atoms. The molecule has 0 atom stereocenters. The number of para-hydroxylation sites is 1. The van der Waals surface area contributed by atoms with Gasteiger partial charge in [-0.05, 0) is 48.5 Å². The largest absolute Gasteiger partial charge is 0.435 e. The molecule has 0 spiro atoms. The summed E-state index contributed by atoms with van der Waals surface area (Å²) in [5.74, 6) is -0.714. The van der Waals surface area contributed by atoms with Crippen LogP contribution >= 0.6 is 0 Å². The highest BCUT2D eigenvalue weighted by atomic mass is 32.2. The lowest BCUT2D eigenvalue weighted by molar-refractivity contribution is -0.0498. The number of alkyl halides is 2. The first kappa shape index (κ1) is 21.3. The smallest absolute Gasteiger partial charge is 0.387 e. The number of nitrogens with zero attached hydrogens (tertiary/aromatic N) is 1. The number of halogens is 2. The van der Waals surface area contributed by atoms with Crippen molar-refractivity contribution in [2.24, 2.45) is 0 Å². The average Bonchev–Trinajstić information content (AvgIpc) is 2.74. The van der Waals surface area contributed by atoms with Crippen LogP contribution in [0.3, 0.4) is 0 Å². The third-order valence-corrected chi connectivity index (χ3v) is 6.07. The van der Waals surface area contributed by atoms with E-state index in [0.29, 0.717) is 11.4 Å². The Balaban J connectivity index is 1.86. The van der Waals surface area contributed by atoms with E-state index in [1.54, 1.807) is 36.4 Å². The van der Waals surface area contributed by atoms with Gasteiger partial charge in [-0.3, -0.25) is 9.10 Å². The number of hydrogen-bond donors (Lipinski definition) is 1. The Kier molecular flexibility index (Phi) is 6.31. The Labute approximate surface area is 172 Å². The van der Waals surface area contributed by atoms with Crippen LogP contribution in [-0.4, -0.2) is 28.0 Å². The zero-order valence-corrected chi connectivity index (χ0v) is 16.6. The second-order valence-corrected chi connectivity index (χ2v) is 8.10. The van der Waals surface area contributed by atoms with E-state index in [2.05, 4.69) is 10.1 Å². The summed E-state index contributed by atoms with van der Waals surface area (Å²) in [5, 5.41) is 2.56. The van der Waals surface area contributed by atoms with Crippen LogP contribution in [0.15, 0.2) is 83.8 Å². The van der Waals surface area contributed by atoms with Crippen LogP contribution in [0.2, 0.25) is 0 Å². The van der Waals surface area contributed by atoms with Crippen LogP contribution in [0, 0.1) is 0 Å². The number of carbonyl (C=O) groups excluding carboxylic acids is 1. The fraction of sp³-hybridized carbons (Fsp3) is 0.0952. The van der Waals surface area contributed by atoms with E-state index >= 15 is 0 Å². The summed E-state index contributed by atoms with van der Waals surface area (Å²) in [6.07, 6.45) is 0. The Bertz CT molecular complexity index is 1120. The van der Waals surface area contributed by atoms with E-state index in [1.807, 2.05) is 0 Å². The van der Waals surface area contributed by atoms with Crippen molar-refractivity contribution in [3.63, 3.8) is 0 Å². The number of amides is 1. The topological polar surface area (TPSA) is 75.7 Å². The lowest BCUT2D eigenvalue weighted by Gasteiger charge is -2.21. The molecule has 0 radical (unpaired) electrons. The molecular weight excluding hydrogens is 414 g/mol. The number of benzene rings is 3. The predicted molar refractivity (Wildman–Crippen MR) is 110 cm³/mol. The lowest BCUT2D eigenvalue weighted by atomic mass is 10.2. The van der Waals surface area contributed by atoms with E-state index < -0.39 is 22.5 Å². The molecule has 1 amide bonds. The third-order valence-electron chi connectivity index (χ3n) is 4.23. The highest BCUT2D eigenvalue weighted by Crippen LogP contribution is 2.25. The molecular formula is C21H18F2N2O4S. The molecule has 30 heavy (non-hydrogen) atoms. The molecule has 3 rings (SSSR count). The zero-order valence-electron chi connectivity index (χ0n) is 15.8. The van der Waals surface area contributed by atoms with Gasteiger partial charge in [-0.25, -0.2) is 8.42 Å². The standard InChI is InChI=1S/C21H18F2N2O4S/c1-25(16-7-3-2-4-8-16)30(27,28)19-10-6-5-9-18(19)20(26)24-15-11-13-17(14-12-15)29-21(22)23/h2-14,21H,1H3,(H,24,26). The Morgan fingerprint density at radius 3 is 2.17 bits per heavy atom. The molecule has 0 unspecified atom stereocenters. The maximum atomic E-state index is 13.1. The van der Waals surface area contributed by atoms with Gasteiger partial charge < -0.3 is 10.1 Å². The fourth-order valence-corrected chi connectivity index (χ4v) is 4.11. The molecule has 0 aliphatic heterocycles. The molecule has 0 saturated carbocycles. The molecule has 0 heterocycles. The molecule has 0 aliphatic carbocycles. The number of ether oxygens (including phenoxy) is 1. The van der Waals surface area contributed by atoms with Crippen LogP contribution < -0.4 is 14.4 Å². The molecule has 0 aliphatic rings. The molecule has 9 heteroatoms. The van der Waals surface area contributed by atoms with E-state index in [0.717, 1.165) is 4.31 Å². The van der Waals surface area contributed by atoms with Gasteiger partial charge in [0.25, 0.3) is 15.9 Å². The molecule has 156 valence electrons. The number of sulfonamides is 1. The van der Waals surface area contributed by atoms with Crippen molar-refractivity contribution in [2.75, 3.05) is 16.7 Å². The minimum atomic E-state index is -4.01. The summed E-state index contributed by atoms with van der Waals surface area (Å²) in [4.78, 5) is 12.6. The highest BCUT2D eigenvalue weighted by Gasteiger charge is 2.26.